The van der Waals surface area contributed by atoms with Crippen molar-refractivity contribution in [2.24, 2.45) is 0 Å². The van der Waals surface area contributed by atoms with Gasteiger partial charge < -0.3 is 10.6 Å². The maximum Gasteiger partial charge on any atom is 0.326 e. The lowest BCUT2D eigenvalue weighted by Crippen LogP contribution is -2.31. The molecule has 1 aliphatic rings. The Kier molecular flexibility index (Phi) is 2.59. The number of hydrogen-bond donors (Lipinski definition) is 2. The smallest absolute Gasteiger partial charge is 0.326 e. The second kappa shape index (κ2) is 4.14. The van der Waals surface area contributed by atoms with Gasteiger partial charge >= 0.3 is 6.03 Å². The molecule has 3 rings (SSSR count). The van der Waals surface area contributed by atoms with Crippen molar-refractivity contribution in [2.75, 3.05) is 13.6 Å². The molecule has 0 radical (unpaired) electrons. The van der Waals surface area contributed by atoms with E-state index in [9.17, 15) is 4.79 Å². The zero-order valence-corrected chi connectivity index (χ0v) is 10.7. The number of aromatic nitrogens is 1. The molecule has 4 nitrogen and oxygen atoms in total. The molecule has 18 heavy (non-hydrogen) atoms. The van der Waals surface area contributed by atoms with E-state index in [0.717, 1.165) is 30.7 Å². The Hall–Kier alpha value is -1.81. The number of benzene rings is 1. The van der Waals surface area contributed by atoms with Crippen molar-refractivity contribution in [2.45, 2.75) is 19.9 Å². The van der Waals surface area contributed by atoms with E-state index in [1.165, 1.54) is 16.5 Å². The van der Waals surface area contributed by atoms with Gasteiger partial charge in [-0.2, -0.15) is 0 Å². The van der Waals surface area contributed by atoms with Gasteiger partial charge in [0, 0.05) is 24.7 Å². The number of aryl methyl sites for hydroxylation is 1. The quantitative estimate of drug-likeness (QED) is 0.741. The lowest BCUT2D eigenvalue weighted by molar-refractivity contribution is 0.244. The number of rotatable bonds is 0. The summed E-state index contributed by atoms with van der Waals surface area (Å²) in [5.74, 6) is 0. The van der Waals surface area contributed by atoms with E-state index < -0.39 is 0 Å². The highest BCUT2D eigenvalue weighted by atomic mass is 16.2. The third kappa shape index (κ3) is 1.46. The molecule has 1 amide bonds. The first-order valence-electron chi connectivity index (χ1n) is 6.28. The van der Waals surface area contributed by atoms with Crippen LogP contribution in [0.5, 0.6) is 0 Å². The maximum atomic E-state index is 12.1. The molecule has 0 unspecified atom stereocenters. The van der Waals surface area contributed by atoms with Gasteiger partial charge in [0.25, 0.3) is 0 Å². The van der Waals surface area contributed by atoms with Crippen LogP contribution >= 0.6 is 0 Å². The van der Waals surface area contributed by atoms with Crippen LogP contribution in [0.4, 0.5) is 4.79 Å². The fourth-order valence-corrected chi connectivity index (χ4v) is 2.87. The van der Waals surface area contributed by atoms with E-state index in [-0.39, 0.29) is 6.03 Å². The molecule has 1 aromatic heterocycles. The fourth-order valence-electron chi connectivity index (χ4n) is 2.87. The second-order valence-electron chi connectivity index (χ2n) is 4.71. The number of nitrogens with zero attached hydrogens (tertiary/aromatic N) is 1. The summed E-state index contributed by atoms with van der Waals surface area (Å²) in [5.41, 5.74) is 4.69. The Bertz CT molecular complexity index is 627. The first-order valence-corrected chi connectivity index (χ1v) is 6.28. The highest BCUT2D eigenvalue weighted by Gasteiger charge is 2.23. The van der Waals surface area contributed by atoms with Crippen molar-refractivity contribution in [3.63, 3.8) is 0 Å². The Morgan fingerprint density at radius 1 is 1.44 bits per heavy atom. The number of carbonyl (C=O) groups excluding carboxylic acids is 1. The summed E-state index contributed by atoms with van der Waals surface area (Å²) in [6.45, 7) is 3.85. The Labute approximate surface area is 106 Å². The molecule has 0 saturated carbocycles. The van der Waals surface area contributed by atoms with Crippen molar-refractivity contribution in [1.29, 1.82) is 0 Å². The molecule has 0 saturated heterocycles. The Morgan fingerprint density at radius 3 is 3.06 bits per heavy atom. The standard InChI is InChI=1S/C14H17N3O/c1-9-4-3-5-11-13(9)10-6-7-16-8-12(10)17(11)14(18)15-2/h3-5,16H,6-8H2,1-2H3,(H,15,18). The highest BCUT2D eigenvalue weighted by Crippen LogP contribution is 2.30. The van der Waals surface area contributed by atoms with E-state index in [0.29, 0.717) is 0 Å². The summed E-state index contributed by atoms with van der Waals surface area (Å²) in [4.78, 5) is 12.1. The first kappa shape index (κ1) is 11.3. The molecular formula is C14H17N3O. The van der Waals surface area contributed by atoms with E-state index in [1.807, 2.05) is 16.7 Å². The third-order valence-electron chi connectivity index (χ3n) is 3.67. The molecule has 0 aliphatic carbocycles. The van der Waals surface area contributed by atoms with Crippen molar-refractivity contribution in [1.82, 2.24) is 15.2 Å². The monoisotopic (exact) mass is 243 g/mol. The summed E-state index contributed by atoms with van der Waals surface area (Å²) in [6.07, 6.45) is 0.987. The van der Waals surface area contributed by atoms with Gasteiger partial charge in [0.05, 0.1) is 5.52 Å². The largest absolute Gasteiger partial charge is 0.340 e. The number of hydrogen-bond acceptors (Lipinski definition) is 2. The zero-order chi connectivity index (χ0) is 12.7. The first-order chi connectivity index (χ1) is 8.74. The summed E-state index contributed by atoms with van der Waals surface area (Å²) >= 11 is 0. The molecule has 0 spiro atoms. The summed E-state index contributed by atoms with van der Waals surface area (Å²) in [7, 11) is 1.67. The van der Waals surface area contributed by atoms with Gasteiger partial charge in [0.2, 0.25) is 0 Å². The van der Waals surface area contributed by atoms with Crippen molar-refractivity contribution in [3.8, 4) is 0 Å². The lowest BCUT2D eigenvalue weighted by atomic mass is 10.0. The molecule has 1 aromatic carbocycles. The molecule has 2 aromatic rings. The van der Waals surface area contributed by atoms with Crippen LogP contribution in [0, 0.1) is 6.92 Å². The van der Waals surface area contributed by atoms with Gasteiger partial charge in [-0.15, -0.1) is 0 Å². The minimum absolute atomic E-state index is 0.0597. The van der Waals surface area contributed by atoms with Gasteiger partial charge in [-0.25, -0.2) is 4.79 Å². The van der Waals surface area contributed by atoms with E-state index in [1.54, 1.807) is 7.05 Å². The van der Waals surface area contributed by atoms with Crippen molar-refractivity contribution >= 4 is 16.9 Å². The van der Waals surface area contributed by atoms with Crippen molar-refractivity contribution in [3.05, 3.63) is 35.0 Å². The average molecular weight is 243 g/mol. The Morgan fingerprint density at radius 2 is 2.28 bits per heavy atom. The van der Waals surface area contributed by atoms with Crippen LogP contribution in [0.25, 0.3) is 10.9 Å². The second-order valence-corrected chi connectivity index (χ2v) is 4.71. The van der Waals surface area contributed by atoms with Crippen LogP contribution in [-0.4, -0.2) is 24.2 Å². The average Bonchev–Trinajstić information content (AvgIpc) is 2.73. The van der Waals surface area contributed by atoms with Gasteiger partial charge in [-0.05, 0) is 37.1 Å². The molecule has 0 atom stereocenters. The van der Waals surface area contributed by atoms with Gasteiger partial charge in [-0.1, -0.05) is 12.1 Å². The molecule has 2 heterocycles. The molecule has 2 N–H and O–H groups in total. The van der Waals surface area contributed by atoms with Crippen LogP contribution < -0.4 is 10.6 Å². The molecule has 1 aliphatic heterocycles. The summed E-state index contributed by atoms with van der Waals surface area (Å²) < 4.78 is 1.81. The highest BCUT2D eigenvalue weighted by molar-refractivity contribution is 5.97. The summed E-state index contributed by atoms with van der Waals surface area (Å²) in [5, 5.41) is 7.31. The van der Waals surface area contributed by atoms with Gasteiger partial charge in [-0.3, -0.25) is 4.57 Å². The van der Waals surface area contributed by atoms with Crippen molar-refractivity contribution < 1.29 is 4.79 Å². The zero-order valence-electron chi connectivity index (χ0n) is 10.7. The normalized spacial score (nSPS) is 14.6. The Balaban J connectivity index is 2.40. The predicted octanol–water partition coefficient (Wildman–Crippen LogP) is 1.78. The number of nitrogens with one attached hydrogen (secondary N) is 2. The maximum absolute atomic E-state index is 12.1. The number of carbonyl (C=O) groups is 1. The van der Waals surface area contributed by atoms with E-state index in [4.69, 9.17) is 0 Å². The third-order valence-corrected chi connectivity index (χ3v) is 3.67. The summed E-state index contributed by atoms with van der Waals surface area (Å²) in [6, 6.07) is 6.08. The van der Waals surface area contributed by atoms with Crippen LogP contribution in [0.15, 0.2) is 18.2 Å². The number of amides is 1. The van der Waals surface area contributed by atoms with Crippen LogP contribution in [-0.2, 0) is 13.0 Å². The molecule has 0 fully saturated rings. The fraction of sp³-hybridized carbons (Fsp3) is 0.357. The number of fused-ring (bicyclic) bond motifs is 3. The minimum Gasteiger partial charge on any atom is -0.340 e. The lowest BCUT2D eigenvalue weighted by Gasteiger charge is -2.16. The van der Waals surface area contributed by atoms with E-state index in [2.05, 4.69) is 23.6 Å². The molecule has 4 heteroatoms. The van der Waals surface area contributed by atoms with E-state index >= 15 is 0 Å². The molecule has 94 valence electrons. The van der Waals surface area contributed by atoms with Gasteiger partial charge in [0.1, 0.15) is 0 Å². The topological polar surface area (TPSA) is 46.1 Å². The van der Waals surface area contributed by atoms with Crippen LogP contribution in [0.1, 0.15) is 16.8 Å². The molecule has 0 bridgehead atoms. The van der Waals surface area contributed by atoms with Crippen LogP contribution in [0.2, 0.25) is 0 Å². The van der Waals surface area contributed by atoms with Gasteiger partial charge in [0.15, 0.2) is 0 Å². The minimum atomic E-state index is -0.0597. The molecular weight excluding hydrogens is 226 g/mol. The SMILES string of the molecule is CNC(=O)n1c2c(c3c(C)cccc31)CCNC2. The predicted molar refractivity (Wildman–Crippen MR) is 71.9 cm³/mol. The van der Waals surface area contributed by atoms with Crippen LogP contribution in [0.3, 0.4) is 0 Å².